The Kier molecular flexibility index (Phi) is 3.97. The van der Waals surface area contributed by atoms with Crippen molar-refractivity contribution in [1.29, 1.82) is 0 Å². The van der Waals surface area contributed by atoms with E-state index in [1.54, 1.807) is 6.07 Å². The van der Waals surface area contributed by atoms with Gasteiger partial charge in [-0.1, -0.05) is 0 Å². The average Bonchev–Trinajstić information content (AvgIpc) is 2.54. The van der Waals surface area contributed by atoms with Gasteiger partial charge in [-0.2, -0.15) is 0 Å². The Labute approximate surface area is 132 Å². The number of pyridine rings is 1. The lowest BCUT2D eigenvalue weighted by Gasteiger charge is -2.16. The standard InChI is InChI=1S/C14H13N3O5S/c18-17(19)12-1-3-13(4-2-12)23(20,21)16-11-7-10-9-22-6-5-14(10)15-8-11/h1-4,7-8,16H,5-6,9H2. The highest BCUT2D eigenvalue weighted by Gasteiger charge is 2.18. The van der Waals surface area contributed by atoms with Crippen molar-refractivity contribution in [2.75, 3.05) is 11.3 Å². The zero-order valence-electron chi connectivity index (χ0n) is 11.9. The Morgan fingerprint density at radius 1 is 1.26 bits per heavy atom. The van der Waals surface area contributed by atoms with Crippen LogP contribution >= 0.6 is 0 Å². The van der Waals surface area contributed by atoms with Crippen LogP contribution in [-0.2, 0) is 27.8 Å². The van der Waals surface area contributed by atoms with Gasteiger partial charge in [0.05, 0.1) is 34.9 Å². The van der Waals surface area contributed by atoms with Crippen LogP contribution < -0.4 is 4.72 Å². The lowest BCUT2D eigenvalue weighted by molar-refractivity contribution is -0.384. The van der Waals surface area contributed by atoms with E-state index in [1.165, 1.54) is 18.3 Å². The Balaban J connectivity index is 1.84. The molecule has 0 unspecified atom stereocenters. The number of rotatable bonds is 4. The second-order valence-corrected chi connectivity index (χ2v) is 6.67. The summed E-state index contributed by atoms with van der Waals surface area (Å²) in [6.45, 7) is 1.00. The first-order valence-corrected chi connectivity index (χ1v) is 8.27. The number of ether oxygens (including phenoxy) is 1. The molecule has 0 amide bonds. The Morgan fingerprint density at radius 2 is 2.00 bits per heavy atom. The first-order chi connectivity index (χ1) is 11.0. The van der Waals surface area contributed by atoms with Crippen LogP contribution in [0.1, 0.15) is 11.3 Å². The second kappa shape index (κ2) is 5.94. The van der Waals surface area contributed by atoms with E-state index in [0.717, 1.165) is 23.4 Å². The molecule has 23 heavy (non-hydrogen) atoms. The summed E-state index contributed by atoms with van der Waals surface area (Å²) in [7, 11) is -3.84. The van der Waals surface area contributed by atoms with Crippen LogP contribution in [-0.4, -0.2) is 24.9 Å². The highest BCUT2D eigenvalue weighted by molar-refractivity contribution is 7.92. The molecule has 1 aromatic heterocycles. The molecule has 1 aromatic carbocycles. The van der Waals surface area contributed by atoms with Crippen molar-refractivity contribution in [2.24, 2.45) is 0 Å². The van der Waals surface area contributed by atoms with Gasteiger partial charge in [-0.15, -0.1) is 0 Å². The Hall–Kier alpha value is -2.52. The van der Waals surface area contributed by atoms with Crippen molar-refractivity contribution in [2.45, 2.75) is 17.9 Å². The van der Waals surface area contributed by atoms with E-state index in [9.17, 15) is 18.5 Å². The van der Waals surface area contributed by atoms with Gasteiger partial charge in [0, 0.05) is 29.8 Å². The molecular weight excluding hydrogens is 322 g/mol. The molecule has 3 rings (SSSR count). The lowest BCUT2D eigenvalue weighted by atomic mass is 10.1. The number of fused-ring (bicyclic) bond motifs is 1. The molecule has 0 aliphatic carbocycles. The Bertz CT molecular complexity index is 849. The van der Waals surface area contributed by atoms with Gasteiger partial charge in [0.25, 0.3) is 15.7 Å². The molecule has 0 spiro atoms. The summed E-state index contributed by atoms with van der Waals surface area (Å²) < 4.78 is 32.4. The van der Waals surface area contributed by atoms with Crippen LogP contribution in [0.15, 0.2) is 41.4 Å². The summed E-state index contributed by atoms with van der Waals surface area (Å²) in [4.78, 5) is 14.2. The van der Waals surface area contributed by atoms with E-state index >= 15 is 0 Å². The first kappa shape index (κ1) is 15.4. The molecular formula is C14H13N3O5S. The van der Waals surface area contributed by atoms with Gasteiger partial charge < -0.3 is 4.74 Å². The SMILES string of the molecule is O=[N+]([O-])c1ccc(S(=O)(=O)Nc2cnc3c(c2)COCC3)cc1. The number of hydrogen-bond acceptors (Lipinski definition) is 6. The normalized spacial score (nSPS) is 14.1. The topological polar surface area (TPSA) is 111 Å². The number of aromatic nitrogens is 1. The van der Waals surface area contributed by atoms with E-state index in [0.29, 0.717) is 25.3 Å². The molecule has 2 heterocycles. The number of nitrogens with zero attached hydrogens (tertiary/aromatic N) is 2. The summed E-state index contributed by atoms with van der Waals surface area (Å²) in [5, 5.41) is 10.6. The number of non-ortho nitro benzene ring substituents is 1. The average molecular weight is 335 g/mol. The molecule has 8 nitrogen and oxygen atoms in total. The smallest absolute Gasteiger partial charge is 0.269 e. The van der Waals surface area contributed by atoms with Gasteiger partial charge in [-0.25, -0.2) is 8.42 Å². The van der Waals surface area contributed by atoms with Crippen molar-refractivity contribution in [3.63, 3.8) is 0 Å². The van der Waals surface area contributed by atoms with Gasteiger partial charge in [0.2, 0.25) is 0 Å². The quantitative estimate of drug-likeness (QED) is 0.674. The molecule has 0 bridgehead atoms. The van der Waals surface area contributed by atoms with Gasteiger partial charge in [0.1, 0.15) is 0 Å². The molecule has 1 aliphatic rings. The lowest BCUT2D eigenvalue weighted by Crippen LogP contribution is -2.16. The summed E-state index contributed by atoms with van der Waals surface area (Å²) in [5.74, 6) is 0. The molecule has 0 radical (unpaired) electrons. The van der Waals surface area contributed by atoms with E-state index in [1.807, 2.05) is 0 Å². The minimum absolute atomic E-state index is 0.0583. The number of hydrogen-bond donors (Lipinski definition) is 1. The largest absolute Gasteiger partial charge is 0.376 e. The molecule has 1 aliphatic heterocycles. The minimum Gasteiger partial charge on any atom is -0.376 e. The predicted octanol–water partition coefficient (Wildman–Crippen LogP) is 1.86. The maximum atomic E-state index is 12.3. The maximum absolute atomic E-state index is 12.3. The van der Waals surface area contributed by atoms with Crippen LogP contribution in [0.5, 0.6) is 0 Å². The number of sulfonamides is 1. The number of nitro benzene ring substituents is 1. The minimum atomic E-state index is -3.84. The third kappa shape index (κ3) is 3.30. The third-order valence-corrected chi connectivity index (χ3v) is 4.81. The van der Waals surface area contributed by atoms with Crippen LogP contribution in [0.3, 0.4) is 0 Å². The van der Waals surface area contributed by atoms with E-state index < -0.39 is 14.9 Å². The number of anilines is 1. The van der Waals surface area contributed by atoms with E-state index in [4.69, 9.17) is 4.74 Å². The molecule has 120 valence electrons. The van der Waals surface area contributed by atoms with Gasteiger partial charge in [-0.05, 0) is 18.2 Å². The molecule has 1 N–H and O–H groups in total. The molecule has 0 saturated heterocycles. The monoisotopic (exact) mass is 335 g/mol. The number of nitrogens with one attached hydrogen (secondary N) is 1. The molecule has 0 fully saturated rings. The van der Waals surface area contributed by atoms with Gasteiger partial charge >= 0.3 is 0 Å². The highest BCUT2D eigenvalue weighted by Crippen LogP contribution is 2.22. The molecule has 2 aromatic rings. The fourth-order valence-corrected chi connectivity index (χ4v) is 3.29. The maximum Gasteiger partial charge on any atom is 0.269 e. The second-order valence-electron chi connectivity index (χ2n) is 4.99. The van der Waals surface area contributed by atoms with Crippen molar-refractivity contribution in [1.82, 2.24) is 4.98 Å². The zero-order valence-corrected chi connectivity index (χ0v) is 12.7. The van der Waals surface area contributed by atoms with E-state index in [2.05, 4.69) is 9.71 Å². The highest BCUT2D eigenvalue weighted by atomic mass is 32.2. The van der Waals surface area contributed by atoms with Crippen LogP contribution in [0.4, 0.5) is 11.4 Å². The molecule has 0 atom stereocenters. The Morgan fingerprint density at radius 3 is 2.70 bits per heavy atom. The zero-order chi connectivity index (χ0) is 16.4. The molecule has 0 saturated carbocycles. The summed E-state index contributed by atoms with van der Waals surface area (Å²) >= 11 is 0. The van der Waals surface area contributed by atoms with Crippen molar-refractivity contribution >= 4 is 21.4 Å². The first-order valence-electron chi connectivity index (χ1n) is 6.78. The fourth-order valence-electron chi connectivity index (χ4n) is 2.26. The number of benzene rings is 1. The fraction of sp³-hybridized carbons (Fsp3) is 0.214. The van der Waals surface area contributed by atoms with E-state index in [-0.39, 0.29) is 10.6 Å². The van der Waals surface area contributed by atoms with Gasteiger partial charge in [0.15, 0.2) is 0 Å². The van der Waals surface area contributed by atoms with Crippen LogP contribution in [0.25, 0.3) is 0 Å². The third-order valence-electron chi connectivity index (χ3n) is 3.41. The van der Waals surface area contributed by atoms with Gasteiger partial charge in [-0.3, -0.25) is 19.8 Å². The van der Waals surface area contributed by atoms with Crippen LogP contribution in [0, 0.1) is 10.1 Å². The summed E-state index contributed by atoms with van der Waals surface area (Å²) in [6.07, 6.45) is 2.15. The van der Waals surface area contributed by atoms with Crippen LogP contribution in [0.2, 0.25) is 0 Å². The number of nitro groups is 1. The molecule has 9 heteroatoms. The van der Waals surface area contributed by atoms with Crippen molar-refractivity contribution in [3.8, 4) is 0 Å². The summed E-state index contributed by atoms with van der Waals surface area (Å²) in [6, 6.07) is 6.36. The summed E-state index contributed by atoms with van der Waals surface area (Å²) in [5.41, 5.74) is 1.90. The van der Waals surface area contributed by atoms with Crippen molar-refractivity contribution < 1.29 is 18.1 Å². The predicted molar refractivity (Wildman–Crippen MR) is 81.5 cm³/mol. The van der Waals surface area contributed by atoms with Crippen molar-refractivity contribution in [3.05, 3.63) is 57.9 Å².